The van der Waals surface area contributed by atoms with Crippen LogP contribution in [-0.4, -0.2) is 41.0 Å². The molecule has 0 bridgehead atoms. The Morgan fingerprint density at radius 3 is 2.40 bits per heavy atom. The van der Waals surface area contributed by atoms with Crippen molar-refractivity contribution in [3.8, 4) is 0 Å². The molecule has 0 aromatic heterocycles. The Labute approximate surface area is 89.4 Å². The van der Waals surface area contributed by atoms with Crippen LogP contribution < -0.4 is 11.3 Å². The van der Waals surface area contributed by atoms with Crippen LogP contribution in [0.25, 0.3) is 0 Å². The fraction of sp³-hybridized carbons (Fsp3) is 0.778. The van der Waals surface area contributed by atoms with Gasteiger partial charge in [0.1, 0.15) is 6.04 Å². The van der Waals surface area contributed by atoms with Crippen LogP contribution in [0.3, 0.4) is 0 Å². The summed E-state index contributed by atoms with van der Waals surface area (Å²) in [5.41, 5.74) is 2.33. The number of amides is 3. The number of nitrogens with zero attached hydrogens (tertiary/aromatic N) is 2. The highest BCUT2D eigenvalue weighted by Crippen LogP contribution is 2.22. The lowest BCUT2D eigenvalue weighted by Gasteiger charge is -2.22. The van der Waals surface area contributed by atoms with Gasteiger partial charge in [-0.3, -0.25) is 10.6 Å². The summed E-state index contributed by atoms with van der Waals surface area (Å²) >= 11 is 0. The maximum atomic E-state index is 11.9. The average molecular weight is 214 g/mol. The van der Waals surface area contributed by atoms with Gasteiger partial charge in [0, 0.05) is 6.54 Å². The van der Waals surface area contributed by atoms with Crippen molar-refractivity contribution in [3.05, 3.63) is 0 Å². The molecule has 1 atom stereocenters. The normalized spacial score (nSPS) is 22.1. The largest absolute Gasteiger partial charge is 0.328 e. The third kappa shape index (κ3) is 1.95. The van der Waals surface area contributed by atoms with E-state index < -0.39 is 0 Å². The molecule has 1 unspecified atom stereocenters. The first-order valence-corrected chi connectivity index (χ1v) is 5.10. The van der Waals surface area contributed by atoms with E-state index in [1.165, 1.54) is 0 Å². The molecule has 6 heteroatoms. The van der Waals surface area contributed by atoms with Crippen molar-refractivity contribution in [2.24, 2.45) is 11.8 Å². The number of hydrazine groups is 1. The number of rotatable bonds is 4. The molecule has 1 aliphatic rings. The van der Waals surface area contributed by atoms with Gasteiger partial charge in [0.25, 0.3) is 5.91 Å². The van der Waals surface area contributed by atoms with E-state index in [-0.39, 0.29) is 30.6 Å². The molecule has 0 saturated carbocycles. The van der Waals surface area contributed by atoms with E-state index >= 15 is 0 Å². The van der Waals surface area contributed by atoms with Gasteiger partial charge < -0.3 is 4.90 Å². The highest BCUT2D eigenvalue weighted by Gasteiger charge is 2.45. The number of hydrogen-bond acceptors (Lipinski definition) is 4. The number of imide groups is 1. The highest BCUT2D eigenvalue weighted by molar-refractivity contribution is 6.04. The molecule has 0 aromatic rings. The van der Waals surface area contributed by atoms with E-state index in [4.69, 9.17) is 5.84 Å². The minimum Gasteiger partial charge on any atom is -0.312 e. The van der Waals surface area contributed by atoms with Gasteiger partial charge in [0.2, 0.25) is 0 Å². The minimum absolute atomic E-state index is 0.0669. The van der Waals surface area contributed by atoms with Crippen molar-refractivity contribution < 1.29 is 9.59 Å². The average Bonchev–Trinajstić information content (AvgIpc) is 2.41. The summed E-state index contributed by atoms with van der Waals surface area (Å²) in [6.07, 6.45) is 0. The predicted molar refractivity (Wildman–Crippen MR) is 55.4 cm³/mol. The molecule has 3 amide bonds. The summed E-state index contributed by atoms with van der Waals surface area (Å²) in [6.45, 7) is 6.32. The lowest BCUT2D eigenvalue weighted by atomic mass is 10.0. The van der Waals surface area contributed by atoms with Gasteiger partial charge in [0.15, 0.2) is 0 Å². The molecule has 0 aliphatic carbocycles. The third-order valence-corrected chi connectivity index (χ3v) is 2.55. The summed E-state index contributed by atoms with van der Waals surface area (Å²) in [5.74, 6) is 5.07. The fourth-order valence-corrected chi connectivity index (χ4v) is 1.88. The number of carbonyl (C=O) groups excluding carboxylic acids is 2. The van der Waals surface area contributed by atoms with Gasteiger partial charge in [-0.15, -0.1) is 0 Å². The predicted octanol–water partition coefficient (Wildman–Crippen LogP) is -0.284. The first-order chi connectivity index (χ1) is 7.04. The Morgan fingerprint density at radius 2 is 2.07 bits per heavy atom. The molecule has 1 saturated heterocycles. The zero-order chi connectivity index (χ0) is 11.6. The van der Waals surface area contributed by atoms with E-state index in [0.717, 1.165) is 4.90 Å². The van der Waals surface area contributed by atoms with Crippen LogP contribution in [0.15, 0.2) is 0 Å². The topological polar surface area (TPSA) is 78.7 Å². The van der Waals surface area contributed by atoms with Gasteiger partial charge in [-0.25, -0.2) is 15.1 Å². The molecule has 1 heterocycles. The molecule has 15 heavy (non-hydrogen) atoms. The summed E-state index contributed by atoms with van der Waals surface area (Å²) < 4.78 is 0. The second-order valence-electron chi connectivity index (χ2n) is 3.89. The van der Waals surface area contributed by atoms with Crippen LogP contribution in [0.2, 0.25) is 0 Å². The van der Waals surface area contributed by atoms with Gasteiger partial charge in [-0.1, -0.05) is 13.8 Å². The summed E-state index contributed by atoms with van der Waals surface area (Å²) in [4.78, 5) is 26.4. The van der Waals surface area contributed by atoms with Gasteiger partial charge in [0.05, 0.1) is 6.67 Å². The molecule has 86 valence electrons. The number of nitrogens with one attached hydrogen (secondary N) is 1. The Morgan fingerprint density at radius 1 is 1.47 bits per heavy atom. The lowest BCUT2D eigenvalue weighted by Crippen LogP contribution is -2.42. The van der Waals surface area contributed by atoms with Crippen LogP contribution in [-0.2, 0) is 4.79 Å². The minimum atomic E-state index is -0.351. The van der Waals surface area contributed by atoms with Crippen molar-refractivity contribution in [2.75, 3.05) is 13.2 Å². The summed E-state index contributed by atoms with van der Waals surface area (Å²) in [7, 11) is 0. The molecular formula is C9H18N4O2. The van der Waals surface area contributed by atoms with Gasteiger partial charge >= 0.3 is 6.03 Å². The molecule has 0 radical (unpaired) electrons. The van der Waals surface area contributed by atoms with Gasteiger partial charge in [-0.05, 0) is 12.8 Å². The Bertz CT molecular complexity index is 267. The quantitative estimate of drug-likeness (QED) is 0.383. The van der Waals surface area contributed by atoms with E-state index in [1.54, 1.807) is 4.90 Å². The lowest BCUT2D eigenvalue weighted by molar-refractivity contribution is -0.129. The van der Waals surface area contributed by atoms with E-state index in [2.05, 4.69) is 5.43 Å². The van der Waals surface area contributed by atoms with Crippen LogP contribution in [0.1, 0.15) is 20.8 Å². The number of hydrogen-bond donors (Lipinski definition) is 2. The summed E-state index contributed by atoms with van der Waals surface area (Å²) in [5, 5.41) is 0. The second-order valence-corrected chi connectivity index (χ2v) is 3.89. The van der Waals surface area contributed by atoms with Crippen molar-refractivity contribution in [3.63, 3.8) is 0 Å². The van der Waals surface area contributed by atoms with Crippen LogP contribution >= 0.6 is 0 Å². The molecular weight excluding hydrogens is 196 g/mol. The smallest absolute Gasteiger partial charge is 0.312 e. The molecule has 1 fully saturated rings. The zero-order valence-electron chi connectivity index (χ0n) is 9.36. The van der Waals surface area contributed by atoms with Gasteiger partial charge in [-0.2, -0.15) is 0 Å². The maximum absolute atomic E-state index is 11.9. The second kappa shape index (κ2) is 4.59. The number of likely N-dealkylation sites (N-methyl/N-ethyl adjacent to an activating group) is 1. The van der Waals surface area contributed by atoms with E-state index in [0.29, 0.717) is 6.54 Å². The van der Waals surface area contributed by atoms with Crippen molar-refractivity contribution >= 4 is 11.9 Å². The SMILES string of the molecule is CCN1C(=O)N(CNN)C(=O)C1C(C)C. The standard InChI is InChI=1S/C9H18N4O2/c1-4-12-7(6(2)3)8(14)13(5-11-10)9(12)15/h6-7,11H,4-5,10H2,1-3H3. The van der Waals surface area contributed by atoms with Crippen molar-refractivity contribution in [1.29, 1.82) is 0 Å². The Hall–Kier alpha value is -1.14. The maximum Gasteiger partial charge on any atom is 0.328 e. The Kier molecular flexibility index (Phi) is 3.65. The van der Waals surface area contributed by atoms with Crippen LogP contribution in [0.4, 0.5) is 4.79 Å². The van der Waals surface area contributed by atoms with Crippen LogP contribution in [0, 0.1) is 5.92 Å². The molecule has 0 spiro atoms. The fourth-order valence-electron chi connectivity index (χ4n) is 1.88. The molecule has 1 aliphatic heterocycles. The van der Waals surface area contributed by atoms with E-state index in [9.17, 15) is 9.59 Å². The number of nitrogens with two attached hydrogens (primary N) is 1. The van der Waals surface area contributed by atoms with E-state index in [1.807, 2.05) is 20.8 Å². The zero-order valence-corrected chi connectivity index (χ0v) is 9.36. The molecule has 3 N–H and O–H groups in total. The molecule has 1 rings (SSSR count). The highest BCUT2D eigenvalue weighted by atomic mass is 16.2. The third-order valence-electron chi connectivity index (χ3n) is 2.55. The number of urea groups is 1. The summed E-state index contributed by atoms with van der Waals surface area (Å²) in [6, 6.07) is -0.616. The Balaban J connectivity index is 2.91. The first kappa shape index (κ1) is 11.9. The first-order valence-electron chi connectivity index (χ1n) is 5.10. The van der Waals surface area contributed by atoms with Crippen LogP contribution in [0.5, 0.6) is 0 Å². The molecule has 0 aromatic carbocycles. The number of carbonyl (C=O) groups is 2. The monoisotopic (exact) mass is 214 g/mol. The van der Waals surface area contributed by atoms with Crippen molar-refractivity contribution in [1.82, 2.24) is 15.2 Å². The molecule has 6 nitrogen and oxygen atoms in total. The van der Waals surface area contributed by atoms with Crippen molar-refractivity contribution in [2.45, 2.75) is 26.8 Å².